The van der Waals surface area contributed by atoms with Gasteiger partial charge in [0.15, 0.2) is 0 Å². The lowest BCUT2D eigenvalue weighted by molar-refractivity contribution is 1.04. The van der Waals surface area contributed by atoms with E-state index >= 15 is 0 Å². The third kappa shape index (κ3) is 2.80. The van der Waals surface area contributed by atoms with Crippen molar-refractivity contribution in [1.82, 2.24) is 15.2 Å². The van der Waals surface area contributed by atoms with Crippen LogP contribution in [0.3, 0.4) is 0 Å². The van der Waals surface area contributed by atoms with Crippen molar-refractivity contribution in [3.8, 4) is 11.1 Å². The van der Waals surface area contributed by atoms with Crippen LogP contribution in [-0.4, -0.2) is 15.2 Å². The maximum Gasteiger partial charge on any atom is 0.218 e. The number of hydrogen-bond donors (Lipinski definition) is 2. The fourth-order valence-corrected chi connectivity index (χ4v) is 1.92. The van der Waals surface area contributed by atoms with Crippen molar-refractivity contribution in [2.75, 3.05) is 5.32 Å². The Bertz CT molecular complexity index is 615. The molecule has 3 aromatic rings. The van der Waals surface area contributed by atoms with E-state index in [4.69, 9.17) is 0 Å². The molecule has 19 heavy (non-hydrogen) atoms. The Morgan fingerprint density at radius 2 is 1.63 bits per heavy atom. The van der Waals surface area contributed by atoms with Gasteiger partial charge in [0.2, 0.25) is 5.95 Å². The van der Waals surface area contributed by atoms with E-state index in [0.717, 1.165) is 6.54 Å². The van der Waals surface area contributed by atoms with Gasteiger partial charge in [-0.2, -0.15) is 5.10 Å². The minimum Gasteiger partial charge on any atom is -0.351 e. The van der Waals surface area contributed by atoms with Crippen LogP contribution in [0.15, 0.2) is 60.9 Å². The zero-order chi connectivity index (χ0) is 12.9. The van der Waals surface area contributed by atoms with Gasteiger partial charge in [-0.3, -0.25) is 0 Å². The fourth-order valence-electron chi connectivity index (χ4n) is 1.92. The molecule has 1 heterocycles. The van der Waals surface area contributed by atoms with Crippen LogP contribution in [0.1, 0.15) is 5.56 Å². The maximum atomic E-state index is 4.02. The van der Waals surface area contributed by atoms with Crippen molar-refractivity contribution in [2.45, 2.75) is 6.54 Å². The lowest BCUT2D eigenvalue weighted by atomic mass is 10.0. The predicted molar refractivity (Wildman–Crippen MR) is 75.6 cm³/mol. The van der Waals surface area contributed by atoms with Crippen LogP contribution in [-0.2, 0) is 6.54 Å². The minimum atomic E-state index is 0.687. The number of nitrogens with zero attached hydrogens (tertiary/aromatic N) is 2. The van der Waals surface area contributed by atoms with E-state index in [2.05, 4.69) is 69.0 Å². The normalized spacial score (nSPS) is 10.3. The number of hydrogen-bond acceptors (Lipinski definition) is 3. The Morgan fingerprint density at radius 3 is 2.32 bits per heavy atom. The lowest BCUT2D eigenvalue weighted by Crippen LogP contribution is -2.00. The zero-order valence-electron chi connectivity index (χ0n) is 10.4. The Balaban J connectivity index is 1.69. The second-order valence-corrected chi connectivity index (χ2v) is 4.25. The maximum absolute atomic E-state index is 4.02. The first-order chi connectivity index (χ1) is 9.42. The molecule has 0 atom stereocenters. The van der Waals surface area contributed by atoms with E-state index in [1.807, 2.05) is 6.07 Å². The molecule has 0 amide bonds. The smallest absolute Gasteiger partial charge is 0.218 e. The first-order valence-electron chi connectivity index (χ1n) is 6.15. The largest absolute Gasteiger partial charge is 0.351 e. The fraction of sp³-hybridized carbons (Fsp3) is 0.0667. The molecule has 0 aliphatic rings. The molecule has 0 bridgehead atoms. The van der Waals surface area contributed by atoms with Crippen LogP contribution >= 0.6 is 0 Å². The second kappa shape index (κ2) is 5.35. The highest BCUT2D eigenvalue weighted by Gasteiger charge is 1.98. The van der Waals surface area contributed by atoms with Crippen LogP contribution in [0.5, 0.6) is 0 Å². The summed E-state index contributed by atoms with van der Waals surface area (Å²) < 4.78 is 0. The Morgan fingerprint density at radius 1 is 0.895 bits per heavy atom. The van der Waals surface area contributed by atoms with E-state index in [0.29, 0.717) is 5.95 Å². The number of anilines is 1. The lowest BCUT2D eigenvalue weighted by Gasteiger charge is -2.05. The van der Waals surface area contributed by atoms with Gasteiger partial charge in [-0.25, -0.2) is 10.1 Å². The molecule has 94 valence electrons. The highest BCUT2D eigenvalue weighted by atomic mass is 15.3. The number of benzene rings is 2. The van der Waals surface area contributed by atoms with Crippen molar-refractivity contribution < 1.29 is 0 Å². The second-order valence-electron chi connectivity index (χ2n) is 4.25. The van der Waals surface area contributed by atoms with E-state index in [1.165, 1.54) is 23.0 Å². The van der Waals surface area contributed by atoms with Crippen molar-refractivity contribution in [3.05, 3.63) is 66.5 Å². The Kier molecular flexibility index (Phi) is 3.23. The monoisotopic (exact) mass is 250 g/mol. The molecule has 3 rings (SSSR count). The number of H-pyrrole nitrogens is 1. The third-order valence-corrected chi connectivity index (χ3v) is 2.94. The molecular weight excluding hydrogens is 236 g/mol. The number of aromatic amines is 1. The summed E-state index contributed by atoms with van der Waals surface area (Å²) >= 11 is 0. The van der Waals surface area contributed by atoms with Crippen molar-refractivity contribution in [3.63, 3.8) is 0 Å². The molecular formula is C15H14N4. The molecule has 2 N–H and O–H groups in total. The van der Waals surface area contributed by atoms with Crippen LogP contribution < -0.4 is 5.32 Å². The molecule has 0 spiro atoms. The molecule has 0 aliphatic carbocycles. The summed E-state index contributed by atoms with van der Waals surface area (Å²) in [6.45, 7) is 0.726. The Hall–Kier alpha value is -2.62. The number of aromatic nitrogens is 3. The molecule has 4 heteroatoms. The Labute approximate surface area is 111 Å². The van der Waals surface area contributed by atoms with Gasteiger partial charge in [0.1, 0.15) is 6.33 Å². The predicted octanol–water partition coefficient (Wildman–Crippen LogP) is 3.08. The van der Waals surface area contributed by atoms with Gasteiger partial charge in [0.25, 0.3) is 0 Å². The van der Waals surface area contributed by atoms with Gasteiger partial charge in [-0.1, -0.05) is 54.6 Å². The highest BCUT2D eigenvalue weighted by molar-refractivity contribution is 5.63. The number of nitrogens with one attached hydrogen (secondary N) is 2. The highest BCUT2D eigenvalue weighted by Crippen LogP contribution is 2.19. The third-order valence-electron chi connectivity index (χ3n) is 2.94. The quantitative estimate of drug-likeness (QED) is 0.748. The SMILES string of the molecule is c1ccc(-c2ccc(CNc3ncn[nH]3)cc2)cc1. The summed E-state index contributed by atoms with van der Waals surface area (Å²) in [5, 5.41) is 9.73. The van der Waals surface area contributed by atoms with Gasteiger partial charge >= 0.3 is 0 Å². The van der Waals surface area contributed by atoms with Gasteiger partial charge < -0.3 is 5.32 Å². The summed E-state index contributed by atoms with van der Waals surface area (Å²) in [6.07, 6.45) is 1.49. The van der Waals surface area contributed by atoms with Gasteiger partial charge in [0.05, 0.1) is 0 Å². The van der Waals surface area contributed by atoms with E-state index in [1.54, 1.807) is 0 Å². The summed E-state index contributed by atoms with van der Waals surface area (Å²) in [5.74, 6) is 0.687. The van der Waals surface area contributed by atoms with E-state index < -0.39 is 0 Å². The standard InChI is InChI=1S/C15H14N4/c1-2-4-13(5-3-1)14-8-6-12(7-9-14)10-16-15-17-11-18-19-15/h1-9,11H,10H2,(H2,16,17,18,19). The molecule has 0 unspecified atom stereocenters. The molecule has 0 fully saturated rings. The van der Waals surface area contributed by atoms with Gasteiger partial charge in [0, 0.05) is 6.54 Å². The molecule has 0 aliphatic heterocycles. The molecule has 4 nitrogen and oxygen atoms in total. The molecule has 2 aromatic carbocycles. The molecule has 1 aromatic heterocycles. The topological polar surface area (TPSA) is 53.6 Å². The van der Waals surface area contributed by atoms with Crippen LogP contribution in [0.2, 0.25) is 0 Å². The molecule has 0 saturated heterocycles. The molecule has 0 radical (unpaired) electrons. The van der Waals surface area contributed by atoms with Gasteiger partial charge in [-0.15, -0.1) is 0 Å². The number of rotatable bonds is 4. The van der Waals surface area contributed by atoms with E-state index in [9.17, 15) is 0 Å². The van der Waals surface area contributed by atoms with Crippen molar-refractivity contribution in [2.24, 2.45) is 0 Å². The van der Waals surface area contributed by atoms with Crippen LogP contribution in [0, 0.1) is 0 Å². The zero-order valence-corrected chi connectivity index (χ0v) is 10.4. The van der Waals surface area contributed by atoms with Crippen LogP contribution in [0.4, 0.5) is 5.95 Å². The van der Waals surface area contributed by atoms with E-state index in [-0.39, 0.29) is 0 Å². The minimum absolute atomic E-state index is 0.687. The summed E-state index contributed by atoms with van der Waals surface area (Å²) in [5.41, 5.74) is 3.66. The van der Waals surface area contributed by atoms with Crippen LogP contribution in [0.25, 0.3) is 11.1 Å². The van der Waals surface area contributed by atoms with Crippen molar-refractivity contribution >= 4 is 5.95 Å². The molecule has 0 saturated carbocycles. The van der Waals surface area contributed by atoms with Crippen molar-refractivity contribution in [1.29, 1.82) is 0 Å². The first-order valence-corrected chi connectivity index (χ1v) is 6.15. The summed E-state index contributed by atoms with van der Waals surface area (Å²) in [7, 11) is 0. The average Bonchev–Trinajstić information content (AvgIpc) is 3.00. The summed E-state index contributed by atoms with van der Waals surface area (Å²) in [4.78, 5) is 4.02. The first kappa shape index (κ1) is 11.5. The summed E-state index contributed by atoms with van der Waals surface area (Å²) in [6, 6.07) is 18.9. The average molecular weight is 250 g/mol. The van der Waals surface area contributed by atoms with Gasteiger partial charge in [-0.05, 0) is 16.7 Å².